The maximum atomic E-state index is 11.1. The standard InChI is InChI=1S/C11H19N5O/c1-8-6-9(7-12)15-11(14-8)16(3)5-4-10(17)13-2/h6H,4-5,7,12H2,1-3H3,(H,13,17). The Morgan fingerprint density at radius 2 is 2.24 bits per heavy atom. The van der Waals surface area contributed by atoms with E-state index in [1.165, 1.54) is 0 Å². The topological polar surface area (TPSA) is 84.1 Å². The fourth-order valence-electron chi connectivity index (χ4n) is 1.39. The van der Waals surface area contributed by atoms with Gasteiger partial charge < -0.3 is 16.0 Å². The SMILES string of the molecule is CNC(=O)CCN(C)c1nc(C)cc(CN)n1. The molecule has 0 unspecified atom stereocenters. The van der Waals surface area contributed by atoms with E-state index < -0.39 is 0 Å². The number of aromatic nitrogens is 2. The van der Waals surface area contributed by atoms with Gasteiger partial charge in [0.15, 0.2) is 0 Å². The highest BCUT2D eigenvalue weighted by atomic mass is 16.1. The average molecular weight is 237 g/mol. The van der Waals surface area contributed by atoms with Gasteiger partial charge in [0.2, 0.25) is 11.9 Å². The number of hydrogen-bond acceptors (Lipinski definition) is 5. The van der Waals surface area contributed by atoms with E-state index in [0.29, 0.717) is 25.5 Å². The number of carbonyl (C=O) groups excluding carboxylic acids is 1. The highest BCUT2D eigenvalue weighted by Gasteiger charge is 2.08. The van der Waals surface area contributed by atoms with Crippen molar-refractivity contribution < 1.29 is 4.79 Å². The minimum atomic E-state index is 0.00329. The van der Waals surface area contributed by atoms with E-state index in [4.69, 9.17) is 5.73 Å². The van der Waals surface area contributed by atoms with Gasteiger partial charge in [-0.2, -0.15) is 0 Å². The third kappa shape index (κ3) is 3.99. The number of amides is 1. The van der Waals surface area contributed by atoms with Crippen molar-refractivity contribution in [2.24, 2.45) is 5.73 Å². The largest absolute Gasteiger partial charge is 0.359 e. The van der Waals surface area contributed by atoms with Crippen molar-refractivity contribution in [3.63, 3.8) is 0 Å². The van der Waals surface area contributed by atoms with Crippen LogP contribution in [0.3, 0.4) is 0 Å². The third-order valence-electron chi connectivity index (χ3n) is 2.40. The van der Waals surface area contributed by atoms with Crippen molar-refractivity contribution in [1.82, 2.24) is 15.3 Å². The van der Waals surface area contributed by atoms with Gasteiger partial charge in [0.1, 0.15) is 0 Å². The number of rotatable bonds is 5. The molecule has 0 bridgehead atoms. The van der Waals surface area contributed by atoms with Crippen molar-refractivity contribution >= 4 is 11.9 Å². The highest BCUT2D eigenvalue weighted by molar-refractivity contribution is 5.76. The molecule has 17 heavy (non-hydrogen) atoms. The number of nitrogens with one attached hydrogen (secondary N) is 1. The molecule has 0 spiro atoms. The van der Waals surface area contributed by atoms with Crippen LogP contribution in [0.15, 0.2) is 6.07 Å². The lowest BCUT2D eigenvalue weighted by molar-refractivity contribution is -0.120. The Hall–Kier alpha value is -1.69. The smallest absolute Gasteiger partial charge is 0.225 e. The summed E-state index contributed by atoms with van der Waals surface area (Å²) < 4.78 is 0. The summed E-state index contributed by atoms with van der Waals surface area (Å²) in [4.78, 5) is 21.6. The van der Waals surface area contributed by atoms with Crippen LogP contribution in [0.25, 0.3) is 0 Å². The van der Waals surface area contributed by atoms with Crippen molar-refractivity contribution in [1.29, 1.82) is 0 Å². The summed E-state index contributed by atoms with van der Waals surface area (Å²) >= 11 is 0. The van der Waals surface area contributed by atoms with Crippen LogP contribution in [0.1, 0.15) is 17.8 Å². The van der Waals surface area contributed by atoms with Crippen LogP contribution in [-0.4, -0.2) is 36.5 Å². The summed E-state index contributed by atoms with van der Waals surface area (Å²) in [6.45, 7) is 2.86. The van der Waals surface area contributed by atoms with Gasteiger partial charge in [-0.3, -0.25) is 4.79 Å². The molecule has 0 saturated heterocycles. The van der Waals surface area contributed by atoms with Gasteiger partial charge in [-0.15, -0.1) is 0 Å². The quantitative estimate of drug-likeness (QED) is 0.742. The maximum Gasteiger partial charge on any atom is 0.225 e. The lowest BCUT2D eigenvalue weighted by atomic mass is 10.3. The first-order valence-electron chi connectivity index (χ1n) is 5.53. The second-order valence-corrected chi connectivity index (χ2v) is 3.85. The monoisotopic (exact) mass is 237 g/mol. The molecular weight excluding hydrogens is 218 g/mol. The van der Waals surface area contributed by atoms with E-state index in [1.807, 2.05) is 24.9 Å². The third-order valence-corrected chi connectivity index (χ3v) is 2.40. The van der Waals surface area contributed by atoms with Gasteiger partial charge in [0.25, 0.3) is 0 Å². The average Bonchev–Trinajstić information content (AvgIpc) is 2.34. The predicted molar refractivity (Wildman–Crippen MR) is 66.6 cm³/mol. The zero-order valence-corrected chi connectivity index (χ0v) is 10.5. The van der Waals surface area contributed by atoms with Crippen molar-refractivity contribution in [2.75, 3.05) is 25.5 Å². The van der Waals surface area contributed by atoms with E-state index in [1.54, 1.807) is 7.05 Å². The summed E-state index contributed by atoms with van der Waals surface area (Å²) in [6.07, 6.45) is 0.419. The molecule has 1 rings (SSSR count). The molecule has 0 saturated carbocycles. The number of aryl methyl sites for hydroxylation is 1. The molecule has 0 aromatic carbocycles. The summed E-state index contributed by atoms with van der Waals surface area (Å²) in [7, 11) is 3.48. The van der Waals surface area contributed by atoms with Gasteiger partial charge in [0.05, 0.1) is 5.69 Å². The Bertz CT molecular complexity index is 393. The molecule has 3 N–H and O–H groups in total. The molecule has 1 aromatic rings. The first-order valence-corrected chi connectivity index (χ1v) is 5.53. The van der Waals surface area contributed by atoms with Crippen LogP contribution in [0.4, 0.5) is 5.95 Å². The van der Waals surface area contributed by atoms with Crippen molar-refractivity contribution in [3.05, 3.63) is 17.5 Å². The molecular formula is C11H19N5O. The molecule has 0 aliphatic rings. The van der Waals surface area contributed by atoms with Crippen LogP contribution in [-0.2, 0) is 11.3 Å². The Labute approximate surface area is 101 Å². The van der Waals surface area contributed by atoms with Gasteiger partial charge in [0, 0.05) is 39.3 Å². The molecule has 0 aliphatic heterocycles. The number of nitrogens with zero attached hydrogens (tertiary/aromatic N) is 3. The van der Waals surface area contributed by atoms with Crippen LogP contribution < -0.4 is 16.0 Å². The van der Waals surface area contributed by atoms with E-state index in [0.717, 1.165) is 11.4 Å². The van der Waals surface area contributed by atoms with E-state index in [-0.39, 0.29) is 5.91 Å². The fourth-order valence-corrected chi connectivity index (χ4v) is 1.39. The lowest BCUT2D eigenvalue weighted by Crippen LogP contribution is -2.27. The summed E-state index contributed by atoms with van der Waals surface area (Å²) in [6, 6.07) is 1.86. The zero-order valence-electron chi connectivity index (χ0n) is 10.5. The maximum absolute atomic E-state index is 11.1. The van der Waals surface area contributed by atoms with E-state index in [2.05, 4.69) is 15.3 Å². The Kier molecular flexibility index (Phi) is 4.84. The van der Waals surface area contributed by atoms with Gasteiger partial charge in [-0.05, 0) is 13.0 Å². The summed E-state index contributed by atoms with van der Waals surface area (Å²) in [5, 5.41) is 2.58. The number of carbonyl (C=O) groups is 1. The first-order chi connectivity index (χ1) is 8.06. The predicted octanol–water partition coefficient (Wildman–Crippen LogP) is -0.184. The number of hydrogen-bond donors (Lipinski definition) is 2. The lowest BCUT2D eigenvalue weighted by Gasteiger charge is -2.17. The van der Waals surface area contributed by atoms with Gasteiger partial charge >= 0.3 is 0 Å². The van der Waals surface area contributed by atoms with E-state index in [9.17, 15) is 4.79 Å². The molecule has 1 heterocycles. The molecule has 1 amide bonds. The Morgan fingerprint density at radius 3 is 2.82 bits per heavy atom. The van der Waals surface area contributed by atoms with Gasteiger partial charge in [-0.25, -0.2) is 9.97 Å². The normalized spacial score (nSPS) is 10.1. The van der Waals surface area contributed by atoms with E-state index >= 15 is 0 Å². The van der Waals surface area contributed by atoms with Crippen LogP contribution in [0.2, 0.25) is 0 Å². The molecule has 0 fully saturated rings. The molecule has 6 nitrogen and oxygen atoms in total. The van der Waals surface area contributed by atoms with Crippen molar-refractivity contribution in [2.45, 2.75) is 19.9 Å². The molecule has 6 heteroatoms. The Balaban J connectivity index is 2.71. The fraction of sp³-hybridized carbons (Fsp3) is 0.545. The molecule has 0 aliphatic carbocycles. The van der Waals surface area contributed by atoms with Crippen LogP contribution in [0, 0.1) is 6.92 Å². The van der Waals surface area contributed by atoms with Crippen LogP contribution in [0.5, 0.6) is 0 Å². The first kappa shape index (κ1) is 13.4. The second kappa shape index (κ2) is 6.15. The number of nitrogens with two attached hydrogens (primary N) is 1. The van der Waals surface area contributed by atoms with Crippen LogP contribution >= 0.6 is 0 Å². The molecule has 94 valence electrons. The van der Waals surface area contributed by atoms with Gasteiger partial charge in [-0.1, -0.05) is 0 Å². The van der Waals surface area contributed by atoms with Crippen molar-refractivity contribution in [3.8, 4) is 0 Å². The highest BCUT2D eigenvalue weighted by Crippen LogP contribution is 2.08. The minimum absolute atomic E-state index is 0.00329. The Morgan fingerprint density at radius 1 is 1.53 bits per heavy atom. The molecule has 0 radical (unpaired) electrons. The zero-order chi connectivity index (χ0) is 12.8. The minimum Gasteiger partial charge on any atom is -0.359 e. The second-order valence-electron chi connectivity index (χ2n) is 3.85. The number of anilines is 1. The molecule has 1 aromatic heterocycles. The summed E-state index contributed by atoms with van der Waals surface area (Å²) in [5.74, 6) is 0.609. The summed E-state index contributed by atoms with van der Waals surface area (Å²) in [5.41, 5.74) is 7.24. The molecule has 0 atom stereocenters.